The molecule has 92 valence electrons. The topological polar surface area (TPSA) is 20.2 Å². The molecule has 0 heterocycles. The molecule has 2 aliphatic rings. The van der Waals surface area contributed by atoms with Crippen LogP contribution in [0.15, 0.2) is 30.3 Å². The molecule has 0 saturated heterocycles. The van der Waals surface area contributed by atoms with E-state index in [0.29, 0.717) is 0 Å². The van der Waals surface area contributed by atoms with Gasteiger partial charge in [-0.05, 0) is 36.7 Å². The fourth-order valence-electron chi connectivity index (χ4n) is 3.90. The molecule has 3 atom stereocenters. The molecule has 1 N–H and O–H groups in total. The van der Waals surface area contributed by atoms with E-state index in [0.717, 1.165) is 30.2 Å². The largest absolute Gasteiger partial charge is 0.385 e. The first-order chi connectivity index (χ1) is 8.28. The predicted octanol–water partition coefficient (Wildman–Crippen LogP) is 3.86. The summed E-state index contributed by atoms with van der Waals surface area (Å²) in [4.78, 5) is 0. The molecule has 1 heteroatoms. The van der Waals surface area contributed by atoms with E-state index in [-0.39, 0.29) is 0 Å². The van der Waals surface area contributed by atoms with Crippen LogP contribution in [0, 0.1) is 11.8 Å². The number of rotatable bonds is 1. The molecule has 1 nitrogen and oxygen atoms in total. The van der Waals surface area contributed by atoms with Crippen LogP contribution in [-0.2, 0) is 5.60 Å². The van der Waals surface area contributed by atoms with Gasteiger partial charge in [0.25, 0.3) is 0 Å². The van der Waals surface area contributed by atoms with Gasteiger partial charge >= 0.3 is 0 Å². The minimum Gasteiger partial charge on any atom is -0.385 e. The smallest absolute Gasteiger partial charge is 0.0899 e. The van der Waals surface area contributed by atoms with Crippen LogP contribution in [0.2, 0.25) is 0 Å². The van der Waals surface area contributed by atoms with Crippen molar-refractivity contribution in [2.45, 2.75) is 50.5 Å². The van der Waals surface area contributed by atoms with Crippen LogP contribution >= 0.6 is 0 Å². The fourth-order valence-corrected chi connectivity index (χ4v) is 3.90. The van der Waals surface area contributed by atoms with Gasteiger partial charge in [0.05, 0.1) is 5.60 Å². The van der Waals surface area contributed by atoms with Crippen LogP contribution in [0.5, 0.6) is 0 Å². The van der Waals surface area contributed by atoms with Crippen LogP contribution in [0.1, 0.15) is 50.5 Å². The molecule has 2 fully saturated rings. The average molecular weight is 230 g/mol. The molecule has 1 aromatic carbocycles. The van der Waals surface area contributed by atoms with Crippen LogP contribution in [0.4, 0.5) is 0 Å². The highest BCUT2D eigenvalue weighted by molar-refractivity contribution is 5.23. The second-order valence-electron chi connectivity index (χ2n) is 5.95. The molecular formula is C16H22O. The van der Waals surface area contributed by atoms with Gasteiger partial charge in [-0.2, -0.15) is 0 Å². The van der Waals surface area contributed by atoms with E-state index in [1.54, 1.807) is 0 Å². The average Bonchev–Trinajstić information content (AvgIpc) is 2.40. The van der Waals surface area contributed by atoms with Gasteiger partial charge in [0.1, 0.15) is 0 Å². The summed E-state index contributed by atoms with van der Waals surface area (Å²) in [6, 6.07) is 10.3. The summed E-state index contributed by atoms with van der Waals surface area (Å²) < 4.78 is 0. The van der Waals surface area contributed by atoms with Gasteiger partial charge in [-0.25, -0.2) is 0 Å². The first-order valence-corrected chi connectivity index (χ1v) is 7.06. The van der Waals surface area contributed by atoms with Crippen molar-refractivity contribution < 1.29 is 5.11 Å². The first kappa shape index (κ1) is 11.3. The number of aliphatic hydroxyl groups is 1. The highest BCUT2D eigenvalue weighted by Gasteiger charge is 2.41. The second-order valence-corrected chi connectivity index (χ2v) is 5.95. The standard InChI is InChI=1S/C16H22O/c17-16(15-8-2-1-3-9-15)11-10-13-6-4-5-7-14(13)12-16/h1-3,8-9,13-14,17H,4-7,10-12H2/t13-,14-,16-/m1/s1. The Balaban J connectivity index is 1.80. The number of hydrogen-bond acceptors (Lipinski definition) is 1. The Morgan fingerprint density at radius 1 is 0.941 bits per heavy atom. The molecule has 0 aromatic heterocycles. The van der Waals surface area contributed by atoms with E-state index in [1.165, 1.54) is 32.1 Å². The van der Waals surface area contributed by atoms with Crippen molar-refractivity contribution in [1.82, 2.24) is 0 Å². The number of hydrogen-bond donors (Lipinski definition) is 1. The molecule has 2 aliphatic carbocycles. The summed E-state index contributed by atoms with van der Waals surface area (Å²) in [7, 11) is 0. The van der Waals surface area contributed by atoms with E-state index in [4.69, 9.17) is 0 Å². The molecule has 2 saturated carbocycles. The van der Waals surface area contributed by atoms with E-state index in [9.17, 15) is 5.11 Å². The zero-order valence-corrected chi connectivity index (χ0v) is 10.4. The van der Waals surface area contributed by atoms with Gasteiger partial charge in [0.15, 0.2) is 0 Å². The second kappa shape index (κ2) is 4.45. The molecule has 0 aliphatic heterocycles. The summed E-state index contributed by atoms with van der Waals surface area (Å²) in [6.45, 7) is 0. The maximum atomic E-state index is 10.9. The number of benzene rings is 1. The van der Waals surface area contributed by atoms with Crippen molar-refractivity contribution in [2.24, 2.45) is 11.8 Å². The monoisotopic (exact) mass is 230 g/mol. The van der Waals surface area contributed by atoms with Gasteiger partial charge in [0, 0.05) is 0 Å². The summed E-state index contributed by atoms with van der Waals surface area (Å²) in [6.07, 6.45) is 8.67. The van der Waals surface area contributed by atoms with Crippen LogP contribution in [-0.4, -0.2) is 5.11 Å². The maximum absolute atomic E-state index is 10.9. The lowest BCUT2D eigenvalue weighted by Gasteiger charge is -2.44. The predicted molar refractivity (Wildman–Crippen MR) is 69.6 cm³/mol. The fraction of sp³-hybridized carbons (Fsp3) is 0.625. The molecule has 0 radical (unpaired) electrons. The van der Waals surface area contributed by atoms with Crippen LogP contribution in [0.25, 0.3) is 0 Å². The molecule has 0 amide bonds. The third-order valence-electron chi connectivity index (χ3n) is 4.91. The SMILES string of the molecule is O[C@]1(c2ccccc2)CC[C@H]2CCCC[C@@H]2C1. The Kier molecular flexibility index (Phi) is 2.96. The quantitative estimate of drug-likeness (QED) is 0.776. The summed E-state index contributed by atoms with van der Waals surface area (Å²) in [5, 5.41) is 10.9. The van der Waals surface area contributed by atoms with Crippen LogP contribution in [0.3, 0.4) is 0 Å². The Bertz CT molecular complexity index is 372. The zero-order chi connectivity index (χ0) is 11.7. The lowest BCUT2D eigenvalue weighted by Crippen LogP contribution is -2.38. The number of fused-ring (bicyclic) bond motifs is 1. The van der Waals surface area contributed by atoms with Gasteiger partial charge in [-0.1, -0.05) is 56.0 Å². The molecule has 1 aromatic rings. The Morgan fingerprint density at radius 3 is 2.41 bits per heavy atom. The Hall–Kier alpha value is -0.820. The third-order valence-corrected chi connectivity index (χ3v) is 4.91. The zero-order valence-electron chi connectivity index (χ0n) is 10.4. The van der Waals surface area contributed by atoms with Gasteiger partial charge in [-0.15, -0.1) is 0 Å². The highest BCUT2D eigenvalue weighted by atomic mass is 16.3. The minimum absolute atomic E-state index is 0.542. The van der Waals surface area contributed by atoms with Crippen LogP contribution < -0.4 is 0 Å². The van der Waals surface area contributed by atoms with Crippen molar-refractivity contribution in [3.63, 3.8) is 0 Å². The first-order valence-electron chi connectivity index (χ1n) is 7.06. The van der Waals surface area contributed by atoms with Crippen molar-refractivity contribution >= 4 is 0 Å². The third kappa shape index (κ3) is 2.13. The van der Waals surface area contributed by atoms with Crippen molar-refractivity contribution in [2.75, 3.05) is 0 Å². The Morgan fingerprint density at radius 2 is 1.65 bits per heavy atom. The summed E-state index contributed by atoms with van der Waals surface area (Å²) >= 11 is 0. The summed E-state index contributed by atoms with van der Waals surface area (Å²) in [5.41, 5.74) is 0.587. The van der Waals surface area contributed by atoms with Crippen molar-refractivity contribution in [3.8, 4) is 0 Å². The maximum Gasteiger partial charge on any atom is 0.0899 e. The molecular weight excluding hydrogens is 208 g/mol. The van der Waals surface area contributed by atoms with E-state index in [1.807, 2.05) is 18.2 Å². The Labute approximate surface area is 104 Å². The normalized spacial score (nSPS) is 37.5. The highest BCUT2D eigenvalue weighted by Crippen LogP contribution is 2.48. The molecule has 0 spiro atoms. The van der Waals surface area contributed by atoms with Gasteiger partial charge in [-0.3, -0.25) is 0 Å². The van der Waals surface area contributed by atoms with E-state index < -0.39 is 5.60 Å². The molecule has 0 unspecified atom stereocenters. The molecule has 3 rings (SSSR count). The van der Waals surface area contributed by atoms with Gasteiger partial charge < -0.3 is 5.11 Å². The van der Waals surface area contributed by atoms with Crippen molar-refractivity contribution in [1.29, 1.82) is 0 Å². The molecule has 17 heavy (non-hydrogen) atoms. The lowest BCUT2D eigenvalue weighted by atomic mass is 9.64. The summed E-state index contributed by atoms with van der Waals surface area (Å²) in [5.74, 6) is 1.66. The van der Waals surface area contributed by atoms with E-state index in [2.05, 4.69) is 12.1 Å². The minimum atomic E-state index is -0.542. The van der Waals surface area contributed by atoms with Gasteiger partial charge in [0.2, 0.25) is 0 Å². The van der Waals surface area contributed by atoms with Crippen molar-refractivity contribution in [3.05, 3.63) is 35.9 Å². The molecule has 0 bridgehead atoms. The van der Waals surface area contributed by atoms with E-state index >= 15 is 0 Å². The lowest BCUT2D eigenvalue weighted by molar-refractivity contribution is -0.0500.